The predicted octanol–water partition coefficient (Wildman–Crippen LogP) is 9.40. The van der Waals surface area contributed by atoms with E-state index in [1.54, 1.807) is 20.3 Å². The second kappa shape index (κ2) is 23.9. The number of hydrogen-bond acceptors (Lipinski definition) is 8. The Hall–Kier alpha value is -4.87. The maximum atomic E-state index is 14.3. The van der Waals surface area contributed by atoms with Crippen molar-refractivity contribution in [3.63, 3.8) is 0 Å². The first-order chi connectivity index (χ1) is 29.5. The number of carbonyl (C=O) groups is 1. The molecule has 0 saturated carbocycles. The Balaban J connectivity index is 1.42. The van der Waals surface area contributed by atoms with Gasteiger partial charge in [0.2, 0.25) is 0 Å². The van der Waals surface area contributed by atoms with Gasteiger partial charge in [0.25, 0.3) is 8.32 Å². The van der Waals surface area contributed by atoms with E-state index in [1.165, 1.54) is 0 Å². The van der Waals surface area contributed by atoms with Crippen LogP contribution in [0.2, 0.25) is 5.04 Å². The third-order valence-electron chi connectivity index (χ3n) is 10.9. The first-order valence-corrected chi connectivity index (χ1v) is 23.1. The largest absolute Gasteiger partial charge is 0.497 e. The van der Waals surface area contributed by atoms with E-state index in [1.807, 2.05) is 91.0 Å². The van der Waals surface area contributed by atoms with Gasteiger partial charge in [-0.1, -0.05) is 142 Å². The molecule has 0 aromatic heterocycles. The van der Waals surface area contributed by atoms with E-state index in [4.69, 9.17) is 28.1 Å². The summed E-state index contributed by atoms with van der Waals surface area (Å²) in [7, 11) is 0.166. The van der Waals surface area contributed by atoms with Crippen LogP contribution >= 0.6 is 0 Å². The molecule has 8 nitrogen and oxygen atoms in total. The fraction of sp³-hybridized carbons (Fsp3) is 0.365. The molecule has 0 bridgehead atoms. The van der Waals surface area contributed by atoms with Crippen molar-refractivity contribution in [1.82, 2.24) is 0 Å². The van der Waals surface area contributed by atoms with Gasteiger partial charge in [-0.2, -0.15) is 0 Å². The molecule has 4 atom stereocenters. The molecule has 5 aromatic rings. The average molecular weight is 845 g/mol. The molecule has 324 valence electrons. The van der Waals surface area contributed by atoms with Gasteiger partial charge in [0, 0.05) is 25.7 Å². The van der Waals surface area contributed by atoms with Gasteiger partial charge in [-0.3, -0.25) is 4.79 Å². The van der Waals surface area contributed by atoms with Crippen LogP contribution in [-0.4, -0.2) is 64.4 Å². The highest BCUT2D eigenvalue weighted by atomic mass is 28.4. The van der Waals surface area contributed by atoms with Crippen LogP contribution in [0, 0.1) is 0 Å². The second-order valence-electron chi connectivity index (χ2n) is 16.6. The molecule has 0 radical (unpaired) electrons. The number of aliphatic hydroxyl groups excluding tert-OH is 1. The fourth-order valence-electron chi connectivity index (χ4n) is 7.75. The quantitative estimate of drug-likeness (QED) is 0.0435. The summed E-state index contributed by atoms with van der Waals surface area (Å²) in [6.07, 6.45) is 0.823. The van der Waals surface area contributed by atoms with Crippen molar-refractivity contribution in [3.8, 4) is 11.5 Å². The number of carbonyl (C=O) groups excluding carboxylic acids is 1. The van der Waals surface area contributed by atoms with E-state index >= 15 is 0 Å². The monoisotopic (exact) mass is 844 g/mol. The molecule has 0 amide bonds. The SMILES string of the molecule is C=CC[C@H](C[C@H](O)CC(=O)C[C@H](C[C@H](COCc1ccccc1)OCc1ccc(OC)cc1)O[Si](c1ccccc1)(c1ccccc1)C(C)(C)C)OCc1ccc(OC)cc1. The smallest absolute Gasteiger partial charge is 0.261 e. The molecule has 0 spiro atoms. The molecule has 9 heteroatoms. The standard InChI is InChI=1S/C52H64O8Si/c1-7-17-47(58-37-41-24-28-45(55-5)29-25-41)33-43(53)32-44(54)34-48(60-61(52(2,3)4,50-20-13-9-14-21-50)51-22-15-10-16-23-51)35-49(39-57-36-40-18-11-8-12-19-40)59-38-42-26-30-46(56-6)31-27-42/h7-16,18-31,43,47-49,53H,1,17,32-39H2,2-6H3/t43-,47-,48-,49-/m1/s1. The lowest BCUT2D eigenvalue weighted by Crippen LogP contribution is -2.68. The zero-order valence-corrected chi connectivity index (χ0v) is 37.5. The van der Waals surface area contributed by atoms with Crippen LogP contribution in [0.15, 0.2) is 152 Å². The summed E-state index contributed by atoms with van der Waals surface area (Å²) < 4.78 is 37.6. The normalized spacial score (nSPS) is 13.8. The molecule has 0 fully saturated rings. The second-order valence-corrected chi connectivity index (χ2v) is 20.8. The lowest BCUT2D eigenvalue weighted by Gasteiger charge is -2.45. The van der Waals surface area contributed by atoms with Gasteiger partial charge in [-0.15, -0.1) is 6.58 Å². The number of hydrogen-bond donors (Lipinski definition) is 1. The summed E-state index contributed by atoms with van der Waals surface area (Å²) in [4.78, 5) is 14.3. The van der Waals surface area contributed by atoms with E-state index in [2.05, 4.69) is 75.9 Å². The van der Waals surface area contributed by atoms with E-state index < -0.39 is 26.6 Å². The summed E-state index contributed by atoms with van der Waals surface area (Å²) in [5.41, 5.74) is 3.03. The highest BCUT2D eigenvalue weighted by molar-refractivity contribution is 6.99. The Morgan fingerprint density at radius 1 is 0.623 bits per heavy atom. The molecule has 0 aliphatic heterocycles. The van der Waals surface area contributed by atoms with Crippen molar-refractivity contribution < 1.29 is 38.0 Å². The van der Waals surface area contributed by atoms with Crippen LogP contribution in [0.5, 0.6) is 11.5 Å². The van der Waals surface area contributed by atoms with Crippen LogP contribution in [0.4, 0.5) is 0 Å². The predicted molar refractivity (Wildman–Crippen MR) is 246 cm³/mol. The van der Waals surface area contributed by atoms with E-state index in [0.29, 0.717) is 32.7 Å². The van der Waals surface area contributed by atoms with Crippen molar-refractivity contribution >= 4 is 24.5 Å². The highest BCUT2D eigenvalue weighted by Crippen LogP contribution is 2.39. The molecule has 61 heavy (non-hydrogen) atoms. The minimum Gasteiger partial charge on any atom is -0.497 e. The van der Waals surface area contributed by atoms with Crippen LogP contribution < -0.4 is 19.8 Å². The van der Waals surface area contributed by atoms with E-state index in [-0.39, 0.29) is 42.8 Å². The zero-order chi connectivity index (χ0) is 43.5. The Bertz CT molecular complexity index is 1960. The number of benzene rings is 5. The fourth-order valence-corrected chi connectivity index (χ4v) is 12.4. The Morgan fingerprint density at radius 3 is 1.57 bits per heavy atom. The molecule has 5 aromatic carbocycles. The topological polar surface area (TPSA) is 92.7 Å². The summed E-state index contributed by atoms with van der Waals surface area (Å²) in [5, 5.41) is 13.3. The van der Waals surface area contributed by atoms with Crippen molar-refractivity contribution in [1.29, 1.82) is 0 Å². The maximum Gasteiger partial charge on any atom is 0.261 e. The van der Waals surface area contributed by atoms with Gasteiger partial charge >= 0.3 is 0 Å². The summed E-state index contributed by atoms with van der Waals surface area (Å²) in [5.74, 6) is 1.44. The van der Waals surface area contributed by atoms with Crippen LogP contribution in [0.1, 0.15) is 69.6 Å². The van der Waals surface area contributed by atoms with Crippen molar-refractivity contribution in [2.45, 2.75) is 102 Å². The number of ketones is 1. The number of ether oxygens (including phenoxy) is 5. The summed E-state index contributed by atoms with van der Waals surface area (Å²) in [6, 6.07) is 46.4. The molecule has 0 aliphatic carbocycles. The third-order valence-corrected chi connectivity index (χ3v) is 16.0. The van der Waals surface area contributed by atoms with E-state index in [9.17, 15) is 9.90 Å². The molecular formula is C52H64O8Si. The number of Topliss-reactive ketones (excluding diaryl/α,β-unsaturated/α-hetero) is 1. The van der Waals surface area contributed by atoms with Crippen molar-refractivity contribution in [2.24, 2.45) is 0 Å². The first kappa shape index (κ1) is 47.2. The highest BCUT2D eigenvalue weighted by Gasteiger charge is 2.51. The average Bonchev–Trinajstić information content (AvgIpc) is 3.27. The first-order valence-electron chi connectivity index (χ1n) is 21.2. The summed E-state index contributed by atoms with van der Waals surface area (Å²) in [6.45, 7) is 12.0. The van der Waals surface area contributed by atoms with Gasteiger partial charge < -0.3 is 33.2 Å². The van der Waals surface area contributed by atoms with Gasteiger partial charge in [0.05, 0.1) is 65.1 Å². The number of methoxy groups -OCH3 is 2. The lowest BCUT2D eigenvalue weighted by molar-refractivity contribution is -0.124. The minimum atomic E-state index is -3.12. The molecule has 0 heterocycles. The molecule has 0 unspecified atom stereocenters. The maximum absolute atomic E-state index is 14.3. The number of rotatable bonds is 26. The van der Waals surface area contributed by atoms with Gasteiger partial charge in [0.15, 0.2) is 0 Å². The third kappa shape index (κ3) is 14.4. The van der Waals surface area contributed by atoms with E-state index in [0.717, 1.165) is 38.6 Å². The van der Waals surface area contributed by atoms with Crippen LogP contribution in [-0.2, 0) is 43.3 Å². The van der Waals surface area contributed by atoms with Crippen molar-refractivity contribution in [3.05, 3.63) is 169 Å². The molecule has 0 saturated heterocycles. The Labute approximate surface area is 364 Å². The molecule has 5 rings (SSSR count). The molecule has 0 aliphatic rings. The minimum absolute atomic E-state index is 0.0397. The van der Waals surface area contributed by atoms with Gasteiger partial charge in [0.1, 0.15) is 17.3 Å². The van der Waals surface area contributed by atoms with Crippen LogP contribution in [0.3, 0.4) is 0 Å². The van der Waals surface area contributed by atoms with Crippen LogP contribution in [0.25, 0.3) is 0 Å². The molecular weight excluding hydrogens is 781 g/mol. The Morgan fingerprint density at radius 2 is 1.10 bits per heavy atom. The van der Waals surface area contributed by atoms with Gasteiger partial charge in [-0.25, -0.2) is 0 Å². The van der Waals surface area contributed by atoms with Crippen molar-refractivity contribution in [2.75, 3.05) is 20.8 Å². The van der Waals surface area contributed by atoms with Gasteiger partial charge in [-0.05, 0) is 62.8 Å². The molecule has 1 N–H and O–H groups in total. The lowest BCUT2D eigenvalue weighted by atomic mass is 9.99. The number of aliphatic hydroxyl groups is 1. The summed E-state index contributed by atoms with van der Waals surface area (Å²) >= 11 is 0. The zero-order valence-electron chi connectivity index (χ0n) is 36.5. The Kier molecular flexibility index (Phi) is 18.5.